The largest absolute Gasteiger partial charge is 0.457 e. The molecule has 1 aromatic carbocycles. The van der Waals surface area contributed by atoms with Gasteiger partial charge in [-0.15, -0.1) is 11.8 Å². The number of benzene rings is 1. The lowest BCUT2D eigenvalue weighted by Crippen LogP contribution is -2.08. The maximum atomic E-state index is 12.5. The summed E-state index contributed by atoms with van der Waals surface area (Å²) in [4.78, 5) is 13.6. The summed E-state index contributed by atoms with van der Waals surface area (Å²) in [5, 5.41) is 9.47. The van der Waals surface area contributed by atoms with Crippen molar-refractivity contribution in [1.82, 2.24) is 4.57 Å². The minimum atomic E-state index is -0.565. The smallest absolute Gasteiger partial charge is 0.343 e. The van der Waals surface area contributed by atoms with Crippen molar-refractivity contribution in [1.29, 1.82) is 5.26 Å². The third-order valence-electron chi connectivity index (χ3n) is 3.75. The van der Waals surface area contributed by atoms with Gasteiger partial charge in [0.1, 0.15) is 29.6 Å². The van der Waals surface area contributed by atoms with E-state index in [1.165, 1.54) is 0 Å². The summed E-state index contributed by atoms with van der Waals surface area (Å²) in [5.41, 5.74) is 1.24. The number of aromatic nitrogens is 1. The van der Waals surface area contributed by atoms with E-state index in [0.29, 0.717) is 11.6 Å². The number of nitriles is 1. The monoisotopic (exact) mass is 352 g/mol. The molecule has 0 fully saturated rings. The first kappa shape index (κ1) is 16.9. The number of aryl methyl sites for hydroxylation is 1. The average Bonchev–Trinajstić information content (AvgIpc) is 3.27. The zero-order valence-electron chi connectivity index (χ0n) is 13.9. The Hall–Kier alpha value is -2.91. The minimum Gasteiger partial charge on any atom is -0.457 e. The van der Waals surface area contributed by atoms with Crippen molar-refractivity contribution in [3.8, 4) is 12.0 Å². The van der Waals surface area contributed by atoms with Gasteiger partial charge in [0.25, 0.3) is 0 Å². The molecule has 0 aliphatic rings. The van der Waals surface area contributed by atoms with Crippen molar-refractivity contribution in [2.24, 2.45) is 0 Å². The molecule has 25 heavy (non-hydrogen) atoms. The van der Waals surface area contributed by atoms with Crippen LogP contribution in [0.4, 0.5) is 0 Å². The number of carbonyl (C=O) groups excluding carboxylic acids is 1. The Balaban J connectivity index is 1.81. The van der Waals surface area contributed by atoms with Crippen molar-refractivity contribution in [3.05, 3.63) is 71.2 Å². The second-order valence-corrected chi connectivity index (χ2v) is 6.22. The van der Waals surface area contributed by atoms with Gasteiger partial charge < -0.3 is 9.15 Å². The molecular weight excluding hydrogens is 336 g/mol. The Bertz CT molecular complexity index is 919. The molecule has 0 spiro atoms. The topological polar surface area (TPSA) is 68.2 Å². The second kappa shape index (κ2) is 7.32. The van der Waals surface area contributed by atoms with E-state index in [4.69, 9.17) is 9.15 Å². The molecule has 0 radical (unpaired) electrons. The van der Waals surface area contributed by atoms with Gasteiger partial charge in [-0.05, 0) is 43.0 Å². The van der Waals surface area contributed by atoms with E-state index in [9.17, 15) is 10.1 Å². The van der Waals surface area contributed by atoms with E-state index < -0.39 is 5.97 Å². The fourth-order valence-electron chi connectivity index (χ4n) is 2.47. The van der Waals surface area contributed by atoms with Crippen LogP contribution in [0.3, 0.4) is 0 Å². The lowest BCUT2D eigenvalue weighted by Gasteiger charge is -2.05. The summed E-state index contributed by atoms with van der Waals surface area (Å²) < 4.78 is 12.7. The van der Waals surface area contributed by atoms with Crippen molar-refractivity contribution < 1.29 is 13.9 Å². The molecule has 0 aliphatic carbocycles. The molecule has 2 heterocycles. The van der Waals surface area contributed by atoms with Crippen molar-refractivity contribution in [2.75, 3.05) is 6.26 Å². The van der Waals surface area contributed by atoms with Gasteiger partial charge in [0, 0.05) is 17.3 Å². The summed E-state index contributed by atoms with van der Waals surface area (Å²) in [6.45, 7) is 1.79. The Labute approximate surface area is 149 Å². The molecular formula is C19H16N2O3S. The van der Waals surface area contributed by atoms with Gasteiger partial charge in [0.05, 0.1) is 0 Å². The van der Waals surface area contributed by atoms with Crippen LogP contribution < -0.4 is 0 Å². The molecule has 3 aromatic rings. The molecule has 0 amide bonds. The van der Waals surface area contributed by atoms with Crippen LogP contribution in [-0.2, 0) is 11.3 Å². The molecule has 126 valence electrons. The van der Waals surface area contributed by atoms with Gasteiger partial charge in [-0.1, -0.05) is 12.1 Å². The molecule has 5 nitrogen and oxygen atoms in total. The van der Waals surface area contributed by atoms with Crippen LogP contribution in [0.2, 0.25) is 0 Å². The standard InChI is InChI=1S/C19H16N2O3S/c1-13-17(16(11-20)18(24-13)21-9-3-4-10-21)19(22)23-12-14-5-7-15(25-2)8-6-14/h3-10H,12H2,1-2H3. The summed E-state index contributed by atoms with van der Waals surface area (Å²) in [5.74, 6) is 0.120. The summed E-state index contributed by atoms with van der Waals surface area (Å²) in [6.07, 6.45) is 5.51. The lowest BCUT2D eigenvalue weighted by atomic mass is 10.1. The normalized spacial score (nSPS) is 10.4. The summed E-state index contributed by atoms with van der Waals surface area (Å²) >= 11 is 1.65. The van der Waals surface area contributed by atoms with Crippen LogP contribution in [0.25, 0.3) is 5.88 Å². The Morgan fingerprint density at radius 2 is 1.96 bits per heavy atom. The predicted octanol–water partition coefficient (Wildman–Crippen LogP) is 4.33. The summed E-state index contributed by atoms with van der Waals surface area (Å²) in [6, 6.07) is 13.5. The van der Waals surface area contributed by atoms with Crippen molar-refractivity contribution in [2.45, 2.75) is 18.4 Å². The first-order valence-corrected chi connectivity index (χ1v) is 8.83. The third-order valence-corrected chi connectivity index (χ3v) is 4.49. The van der Waals surface area contributed by atoms with Crippen LogP contribution in [0.1, 0.15) is 27.2 Å². The maximum Gasteiger partial charge on any atom is 0.343 e. The van der Waals surface area contributed by atoms with Gasteiger partial charge in [-0.25, -0.2) is 4.79 Å². The number of hydrogen-bond donors (Lipinski definition) is 0. The van der Waals surface area contributed by atoms with E-state index >= 15 is 0 Å². The van der Waals surface area contributed by atoms with Crippen LogP contribution in [0.15, 0.2) is 58.1 Å². The van der Waals surface area contributed by atoms with Crippen LogP contribution >= 0.6 is 11.8 Å². The number of rotatable bonds is 5. The highest BCUT2D eigenvalue weighted by Crippen LogP contribution is 2.26. The third kappa shape index (κ3) is 3.47. The van der Waals surface area contributed by atoms with Gasteiger partial charge in [0.2, 0.25) is 5.88 Å². The minimum absolute atomic E-state index is 0.141. The van der Waals surface area contributed by atoms with Gasteiger partial charge in [-0.3, -0.25) is 4.57 Å². The van der Waals surface area contributed by atoms with E-state index in [-0.39, 0.29) is 17.7 Å². The SMILES string of the molecule is CSc1ccc(COC(=O)c2c(C)oc(-n3cccc3)c2C#N)cc1. The van der Waals surface area contributed by atoms with Crippen molar-refractivity contribution >= 4 is 17.7 Å². The molecule has 0 saturated heterocycles. The highest BCUT2D eigenvalue weighted by molar-refractivity contribution is 7.98. The Morgan fingerprint density at radius 1 is 1.28 bits per heavy atom. The fraction of sp³-hybridized carbons (Fsp3) is 0.158. The van der Waals surface area contributed by atoms with Crippen LogP contribution in [0.5, 0.6) is 0 Å². The quantitative estimate of drug-likeness (QED) is 0.505. The molecule has 0 aliphatic heterocycles. The van der Waals surface area contributed by atoms with E-state index in [2.05, 4.69) is 0 Å². The lowest BCUT2D eigenvalue weighted by molar-refractivity contribution is 0.0470. The maximum absolute atomic E-state index is 12.5. The first-order chi connectivity index (χ1) is 12.1. The molecule has 6 heteroatoms. The van der Waals surface area contributed by atoms with E-state index in [1.807, 2.05) is 48.7 Å². The van der Waals surface area contributed by atoms with Gasteiger partial charge >= 0.3 is 5.97 Å². The van der Waals surface area contributed by atoms with E-state index in [1.54, 1.807) is 35.6 Å². The first-order valence-electron chi connectivity index (χ1n) is 7.61. The average molecular weight is 352 g/mol. The second-order valence-electron chi connectivity index (χ2n) is 5.34. The molecule has 3 rings (SSSR count). The van der Waals surface area contributed by atoms with Gasteiger partial charge in [0.15, 0.2) is 0 Å². The predicted molar refractivity (Wildman–Crippen MR) is 94.8 cm³/mol. The Morgan fingerprint density at radius 3 is 2.56 bits per heavy atom. The van der Waals surface area contributed by atoms with Gasteiger partial charge in [-0.2, -0.15) is 5.26 Å². The number of ether oxygens (including phenoxy) is 1. The van der Waals surface area contributed by atoms with Crippen LogP contribution in [-0.4, -0.2) is 16.8 Å². The van der Waals surface area contributed by atoms with Crippen LogP contribution in [0, 0.1) is 18.3 Å². The number of esters is 1. The molecule has 2 aromatic heterocycles. The zero-order chi connectivity index (χ0) is 17.8. The molecule has 0 bridgehead atoms. The Kier molecular flexibility index (Phi) is 4.96. The molecule has 0 saturated carbocycles. The highest BCUT2D eigenvalue weighted by Gasteiger charge is 2.25. The number of carbonyl (C=O) groups is 1. The number of furan rings is 1. The fourth-order valence-corrected chi connectivity index (χ4v) is 2.88. The van der Waals surface area contributed by atoms with E-state index in [0.717, 1.165) is 10.5 Å². The molecule has 0 N–H and O–H groups in total. The van der Waals surface area contributed by atoms with Crippen molar-refractivity contribution in [3.63, 3.8) is 0 Å². The number of hydrogen-bond acceptors (Lipinski definition) is 5. The number of nitrogens with zero attached hydrogens (tertiary/aromatic N) is 2. The number of thioether (sulfide) groups is 1. The summed E-state index contributed by atoms with van der Waals surface area (Å²) in [7, 11) is 0. The zero-order valence-corrected chi connectivity index (χ0v) is 14.7. The molecule has 0 unspecified atom stereocenters. The highest BCUT2D eigenvalue weighted by atomic mass is 32.2. The molecule has 0 atom stereocenters.